The van der Waals surface area contributed by atoms with Gasteiger partial charge in [0, 0.05) is 24.7 Å². The molecule has 4 aromatic rings. The van der Waals surface area contributed by atoms with E-state index in [9.17, 15) is 28.1 Å². The standard InChI is InChI=1S/C31H29N5O8S/c1-22(37)33-25-7-17-30(18-8-25)45(41,42)35(26-11-15-28(43-2)16-12-26)20-31(38)34-32-19-23-5-13-29(14-6-23)44-21-24-3-9-27(10-4-24)36(39)40/h3-19H,20-21H2,1-2H3,(H,33,37)(H,34,38)/b32-19-. The van der Waals surface area contributed by atoms with Crippen LogP contribution in [0.15, 0.2) is 107 Å². The van der Waals surface area contributed by atoms with Crippen molar-refractivity contribution in [2.24, 2.45) is 5.10 Å². The topological polar surface area (TPSA) is 170 Å². The number of hydrogen-bond donors (Lipinski definition) is 2. The van der Waals surface area contributed by atoms with Gasteiger partial charge in [-0.25, -0.2) is 13.8 Å². The Labute approximate surface area is 259 Å². The first-order chi connectivity index (χ1) is 21.5. The van der Waals surface area contributed by atoms with Crippen LogP contribution in [0.4, 0.5) is 17.1 Å². The molecule has 0 aliphatic carbocycles. The SMILES string of the molecule is COc1ccc(N(CC(=O)N/N=C\c2ccc(OCc3ccc([N+](=O)[O-])cc3)cc2)S(=O)(=O)c2ccc(NC(C)=O)cc2)cc1. The molecule has 0 radical (unpaired) electrons. The number of benzene rings is 4. The van der Waals surface area contributed by atoms with Gasteiger partial charge < -0.3 is 14.8 Å². The Balaban J connectivity index is 1.40. The zero-order chi connectivity index (χ0) is 32.4. The third-order valence-corrected chi connectivity index (χ3v) is 8.03. The number of methoxy groups -OCH3 is 1. The number of nitro groups is 1. The molecule has 0 aromatic heterocycles. The van der Waals surface area contributed by atoms with E-state index in [2.05, 4.69) is 15.8 Å². The predicted octanol–water partition coefficient (Wildman–Crippen LogP) is 4.49. The minimum atomic E-state index is -4.20. The average Bonchev–Trinajstić information content (AvgIpc) is 3.03. The van der Waals surface area contributed by atoms with Crippen LogP contribution in [0.3, 0.4) is 0 Å². The number of amides is 2. The maximum Gasteiger partial charge on any atom is 0.269 e. The van der Waals surface area contributed by atoms with Crippen molar-refractivity contribution < 1.29 is 32.4 Å². The van der Waals surface area contributed by atoms with E-state index in [0.717, 1.165) is 9.87 Å². The number of non-ortho nitro benzene ring substituents is 1. The normalized spacial score (nSPS) is 11.1. The highest BCUT2D eigenvalue weighted by Gasteiger charge is 2.27. The Bertz CT molecular complexity index is 1780. The number of sulfonamides is 1. The molecule has 45 heavy (non-hydrogen) atoms. The van der Waals surface area contributed by atoms with E-state index in [-0.39, 0.29) is 28.8 Å². The predicted molar refractivity (Wildman–Crippen MR) is 168 cm³/mol. The quantitative estimate of drug-likeness (QED) is 0.124. The fraction of sp³-hybridized carbons (Fsp3) is 0.129. The molecule has 2 N–H and O–H groups in total. The fourth-order valence-corrected chi connectivity index (χ4v) is 5.40. The van der Waals surface area contributed by atoms with Crippen molar-refractivity contribution in [1.29, 1.82) is 0 Å². The van der Waals surface area contributed by atoms with Gasteiger partial charge in [0.2, 0.25) is 5.91 Å². The molecule has 0 unspecified atom stereocenters. The Hall–Kier alpha value is -5.76. The minimum absolute atomic E-state index is 0.000859. The molecule has 0 bridgehead atoms. The second-order valence-corrected chi connectivity index (χ2v) is 11.4. The van der Waals surface area contributed by atoms with Gasteiger partial charge in [-0.15, -0.1) is 0 Å². The summed E-state index contributed by atoms with van der Waals surface area (Å²) in [6.45, 7) is 0.983. The van der Waals surface area contributed by atoms with Crippen LogP contribution < -0.4 is 24.5 Å². The number of carbonyl (C=O) groups is 2. The van der Waals surface area contributed by atoms with Gasteiger partial charge in [0.05, 0.1) is 28.8 Å². The van der Waals surface area contributed by atoms with Crippen LogP contribution >= 0.6 is 0 Å². The highest BCUT2D eigenvalue weighted by Crippen LogP contribution is 2.26. The Morgan fingerprint density at radius 1 is 0.911 bits per heavy atom. The first-order valence-corrected chi connectivity index (χ1v) is 14.8. The van der Waals surface area contributed by atoms with Crippen LogP contribution in [0.5, 0.6) is 11.5 Å². The first-order valence-electron chi connectivity index (χ1n) is 13.4. The van der Waals surface area contributed by atoms with E-state index in [4.69, 9.17) is 9.47 Å². The lowest BCUT2D eigenvalue weighted by Gasteiger charge is -2.24. The van der Waals surface area contributed by atoms with Gasteiger partial charge >= 0.3 is 0 Å². The molecule has 0 aliphatic rings. The maximum atomic E-state index is 13.6. The van der Waals surface area contributed by atoms with E-state index in [0.29, 0.717) is 22.7 Å². The van der Waals surface area contributed by atoms with Gasteiger partial charge in [-0.2, -0.15) is 5.10 Å². The molecule has 0 fully saturated rings. The lowest BCUT2D eigenvalue weighted by molar-refractivity contribution is -0.384. The van der Waals surface area contributed by atoms with E-state index in [1.165, 1.54) is 68.8 Å². The van der Waals surface area contributed by atoms with Crippen LogP contribution in [0.2, 0.25) is 0 Å². The van der Waals surface area contributed by atoms with E-state index in [1.807, 2.05) is 0 Å². The second kappa shape index (κ2) is 14.6. The minimum Gasteiger partial charge on any atom is -0.497 e. The molecule has 2 amide bonds. The van der Waals surface area contributed by atoms with Crippen LogP contribution in [0.1, 0.15) is 18.1 Å². The zero-order valence-corrected chi connectivity index (χ0v) is 25.1. The number of nitrogens with zero attached hydrogens (tertiary/aromatic N) is 3. The molecule has 0 saturated carbocycles. The molecule has 232 valence electrons. The number of ether oxygens (including phenoxy) is 2. The van der Waals surface area contributed by atoms with E-state index in [1.54, 1.807) is 48.5 Å². The Kier molecular flexibility index (Phi) is 10.4. The van der Waals surface area contributed by atoms with Gasteiger partial charge in [0.1, 0.15) is 24.7 Å². The summed E-state index contributed by atoms with van der Waals surface area (Å²) in [5, 5.41) is 17.3. The Morgan fingerprint density at radius 3 is 2.11 bits per heavy atom. The molecule has 14 heteroatoms. The number of anilines is 2. The van der Waals surface area contributed by atoms with Crippen LogP contribution in [-0.2, 0) is 26.2 Å². The van der Waals surface area contributed by atoms with Gasteiger partial charge in [-0.3, -0.25) is 24.0 Å². The van der Waals surface area contributed by atoms with Crippen molar-refractivity contribution in [2.75, 3.05) is 23.3 Å². The van der Waals surface area contributed by atoms with Gasteiger partial charge in [-0.05, 0) is 96.1 Å². The third kappa shape index (κ3) is 8.87. The van der Waals surface area contributed by atoms with E-state index < -0.39 is 27.4 Å². The summed E-state index contributed by atoms with van der Waals surface area (Å²) in [6.07, 6.45) is 1.39. The van der Waals surface area contributed by atoms with Crippen molar-refractivity contribution >= 4 is 45.1 Å². The monoisotopic (exact) mass is 631 g/mol. The second-order valence-electron chi connectivity index (χ2n) is 9.49. The molecule has 0 heterocycles. The summed E-state index contributed by atoms with van der Waals surface area (Å²) in [6, 6.07) is 24.6. The van der Waals surface area contributed by atoms with E-state index >= 15 is 0 Å². The summed E-state index contributed by atoms with van der Waals surface area (Å²) < 4.78 is 39.1. The number of hydrazone groups is 1. The van der Waals surface area contributed by atoms with Crippen LogP contribution in [0.25, 0.3) is 0 Å². The highest BCUT2D eigenvalue weighted by atomic mass is 32.2. The molecule has 13 nitrogen and oxygen atoms in total. The molecule has 4 rings (SSSR count). The van der Waals surface area contributed by atoms with Gasteiger partial charge in [0.25, 0.3) is 21.6 Å². The smallest absolute Gasteiger partial charge is 0.269 e. The number of nitrogens with one attached hydrogen (secondary N) is 2. The average molecular weight is 632 g/mol. The van der Waals surface area contributed by atoms with Gasteiger partial charge in [0.15, 0.2) is 0 Å². The summed E-state index contributed by atoms with van der Waals surface area (Å²) in [5.74, 6) is 0.0720. The lowest BCUT2D eigenvalue weighted by Crippen LogP contribution is -2.39. The maximum absolute atomic E-state index is 13.6. The molecule has 0 aliphatic heterocycles. The fourth-order valence-electron chi connectivity index (χ4n) is 3.98. The van der Waals surface area contributed by atoms with Gasteiger partial charge in [-0.1, -0.05) is 0 Å². The third-order valence-electron chi connectivity index (χ3n) is 6.25. The number of nitro benzene ring substituents is 1. The largest absolute Gasteiger partial charge is 0.497 e. The summed E-state index contributed by atoms with van der Waals surface area (Å²) in [7, 11) is -2.72. The zero-order valence-electron chi connectivity index (χ0n) is 24.2. The lowest BCUT2D eigenvalue weighted by atomic mass is 10.2. The first kappa shape index (κ1) is 32.2. The molecular weight excluding hydrogens is 602 g/mol. The highest BCUT2D eigenvalue weighted by molar-refractivity contribution is 7.92. The summed E-state index contributed by atoms with van der Waals surface area (Å²) in [4.78, 5) is 34.4. The van der Waals surface area contributed by atoms with Crippen molar-refractivity contribution in [3.63, 3.8) is 0 Å². The summed E-state index contributed by atoms with van der Waals surface area (Å²) in [5.41, 5.74) is 4.41. The van der Waals surface area contributed by atoms with Crippen molar-refractivity contribution in [2.45, 2.75) is 18.4 Å². The molecule has 0 saturated heterocycles. The molecule has 4 aromatic carbocycles. The molecule has 0 atom stereocenters. The van der Waals surface area contributed by atoms with Crippen molar-refractivity contribution in [3.8, 4) is 11.5 Å². The molecule has 0 spiro atoms. The van der Waals surface area contributed by atoms with Crippen LogP contribution in [-0.4, -0.2) is 45.0 Å². The molecular formula is C31H29N5O8S. The Morgan fingerprint density at radius 2 is 1.53 bits per heavy atom. The number of hydrogen-bond acceptors (Lipinski definition) is 9. The number of carbonyl (C=O) groups excluding carboxylic acids is 2. The van der Waals surface area contributed by atoms with Crippen LogP contribution in [0, 0.1) is 10.1 Å². The van der Waals surface area contributed by atoms with Crippen molar-refractivity contribution in [1.82, 2.24) is 5.43 Å². The van der Waals surface area contributed by atoms with Crippen molar-refractivity contribution in [3.05, 3.63) is 118 Å². The number of rotatable bonds is 13. The summed E-state index contributed by atoms with van der Waals surface area (Å²) >= 11 is 0.